The molecular weight excluding hydrogens is 202 g/mol. The van der Waals surface area contributed by atoms with Gasteiger partial charge in [0.2, 0.25) is 0 Å². The fraction of sp³-hybridized carbons (Fsp3) is 0.375. The Labute approximate surface area is 86.6 Å². The number of hydrogen-bond acceptors (Lipinski definition) is 4. The lowest BCUT2D eigenvalue weighted by Gasteiger charge is -2.00. The average Bonchev–Trinajstić information content (AvgIpc) is 2.64. The summed E-state index contributed by atoms with van der Waals surface area (Å²) in [6, 6.07) is 0. The zero-order valence-electron chi connectivity index (χ0n) is 8.31. The van der Waals surface area contributed by atoms with Crippen molar-refractivity contribution in [2.24, 2.45) is 0 Å². The summed E-state index contributed by atoms with van der Waals surface area (Å²) in [7, 11) is 0. The third-order valence-electron chi connectivity index (χ3n) is 1.60. The minimum atomic E-state index is -1.75. The molecule has 0 amide bonds. The van der Waals surface area contributed by atoms with Gasteiger partial charge in [-0.05, 0) is 0 Å². The van der Waals surface area contributed by atoms with Crippen LogP contribution in [0.4, 0.5) is 0 Å². The minimum Gasteiger partial charge on any atom is -0.356 e. The Bertz CT molecular complexity index is 319. The van der Waals surface area contributed by atoms with Gasteiger partial charge >= 0.3 is 0 Å². The fourth-order valence-corrected chi connectivity index (χ4v) is 0.880. The van der Waals surface area contributed by atoms with Crippen LogP contribution in [0.5, 0.6) is 0 Å². The third-order valence-corrected chi connectivity index (χ3v) is 1.60. The van der Waals surface area contributed by atoms with Gasteiger partial charge in [-0.15, -0.1) is 0 Å². The molecule has 0 bridgehead atoms. The van der Waals surface area contributed by atoms with Crippen LogP contribution in [0.1, 0.15) is 19.6 Å². The predicted octanol–water partition coefficient (Wildman–Crippen LogP) is 0.538. The molecule has 0 aliphatic heterocycles. The summed E-state index contributed by atoms with van der Waals surface area (Å²) in [5, 5.41) is 24.1. The second kappa shape index (κ2) is 6.55. The van der Waals surface area contributed by atoms with Crippen molar-refractivity contribution in [1.82, 2.24) is 4.57 Å². The first-order valence-corrected chi connectivity index (χ1v) is 4.21. The number of aliphatic hydroxyl groups excluding tert-OH is 1. The van der Waals surface area contributed by atoms with Crippen LogP contribution >= 0.6 is 0 Å². The van der Waals surface area contributed by atoms with E-state index in [1.807, 2.05) is 19.3 Å². The van der Waals surface area contributed by atoms with E-state index in [2.05, 4.69) is 6.58 Å². The summed E-state index contributed by atoms with van der Waals surface area (Å²) in [5.41, 5.74) is 0. The quantitative estimate of drug-likeness (QED) is 0.452. The molecule has 0 aliphatic carbocycles. The van der Waals surface area contributed by atoms with Crippen LogP contribution < -0.4 is 4.57 Å². The first-order valence-electron chi connectivity index (χ1n) is 4.21. The Morgan fingerprint density at radius 3 is 2.60 bits per heavy atom. The van der Waals surface area contributed by atoms with Crippen molar-refractivity contribution in [3.63, 3.8) is 0 Å². The average molecular weight is 215 g/mol. The van der Waals surface area contributed by atoms with E-state index in [0.717, 1.165) is 0 Å². The minimum absolute atomic E-state index is 0.420. The molecule has 1 heterocycles. The number of hydrogen-bond donors (Lipinski definition) is 1. The Morgan fingerprint density at radius 1 is 1.73 bits per heavy atom. The molecule has 1 aromatic heterocycles. The van der Waals surface area contributed by atoms with Crippen molar-refractivity contribution < 1.29 is 14.8 Å². The van der Waals surface area contributed by atoms with Gasteiger partial charge in [-0.1, -0.05) is 13.5 Å². The van der Waals surface area contributed by atoms with Crippen LogP contribution in [0.25, 0.3) is 6.20 Å². The Kier molecular flexibility index (Phi) is 5.72. The molecule has 0 saturated heterocycles. The molecule has 1 aromatic rings. The van der Waals surface area contributed by atoms with Crippen molar-refractivity contribution in [3.8, 4) is 0 Å². The lowest BCUT2D eigenvalue weighted by Crippen LogP contribution is -2.36. The summed E-state index contributed by atoms with van der Waals surface area (Å²) in [4.78, 5) is 8.25. The number of aliphatic hydroxyl groups is 1. The highest BCUT2D eigenvalue weighted by Crippen LogP contribution is 1.95. The van der Waals surface area contributed by atoms with Gasteiger partial charge in [0.1, 0.15) is 12.4 Å². The largest absolute Gasteiger partial charge is 0.356 e. The van der Waals surface area contributed by atoms with Gasteiger partial charge in [-0.25, -0.2) is 9.13 Å². The van der Waals surface area contributed by atoms with Gasteiger partial charge < -0.3 is 20.4 Å². The van der Waals surface area contributed by atoms with E-state index in [4.69, 9.17) is 15.3 Å². The molecule has 0 spiro atoms. The lowest BCUT2D eigenvalue weighted by atomic mass is 10.4. The lowest BCUT2D eigenvalue weighted by molar-refractivity contribution is -0.759. The van der Waals surface area contributed by atoms with Gasteiger partial charge in [0.15, 0.2) is 6.23 Å². The van der Waals surface area contributed by atoms with Gasteiger partial charge in [0.25, 0.3) is 6.33 Å². The maximum absolute atomic E-state index is 9.35. The SMILES string of the molecule is C=Cn1cc[n+](C(O)CC)c1.O=[N+]([O-])[O-]. The molecule has 15 heavy (non-hydrogen) atoms. The van der Waals surface area contributed by atoms with E-state index in [9.17, 15) is 5.11 Å². The van der Waals surface area contributed by atoms with E-state index in [1.165, 1.54) is 0 Å². The fourth-order valence-electron chi connectivity index (χ4n) is 0.880. The van der Waals surface area contributed by atoms with Crippen molar-refractivity contribution in [3.05, 3.63) is 40.6 Å². The molecule has 0 saturated carbocycles. The van der Waals surface area contributed by atoms with E-state index in [0.29, 0.717) is 6.42 Å². The van der Waals surface area contributed by atoms with Crippen LogP contribution in [-0.2, 0) is 0 Å². The highest BCUT2D eigenvalue weighted by atomic mass is 16.9. The molecule has 1 unspecified atom stereocenters. The maximum atomic E-state index is 9.35. The molecule has 0 radical (unpaired) electrons. The third kappa shape index (κ3) is 5.42. The molecule has 1 N–H and O–H groups in total. The predicted molar refractivity (Wildman–Crippen MR) is 52.9 cm³/mol. The standard InChI is InChI=1S/C8H13N2O.NO3/c1-3-8(11)10-6-5-9(4-2)7-10;2-1(3)4/h4-8,11H,2-3H2,1H3;/q+1;-1. The molecule has 0 fully saturated rings. The molecule has 1 atom stereocenters. The number of rotatable bonds is 3. The smallest absolute Gasteiger partial charge is 0.250 e. The topological polar surface area (TPSA) is 95.2 Å². The normalized spacial score (nSPS) is 11.1. The first kappa shape index (κ1) is 13.1. The summed E-state index contributed by atoms with van der Waals surface area (Å²) in [5.74, 6) is 0. The monoisotopic (exact) mass is 215 g/mol. The van der Waals surface area contributed by atoms with Crippen molar-refractivity contribution in [2.75, 3.05) is 0 Å². The molecule has 0 aromatic carbocycles. The zero-order valence-corrected chi connectivity index (χ0v) is 8.31. The van der Waals surface area contributed by atoms with Crippen molar-refractivity contribution in [1.29, 1.82) is 0 Å². The summed E-state index contributed by atoms with van der Waals surface area (Å²) >= 11 is 0. The molecule has 84 valence electrons. The highest BCUT2D eigenvalue weighted by Gasteiger charge is 2.08. The molecule has 1 rings (SSSR count). The van der Waals surface area contributed by atoms with Crippen LogP contribution in [0.15, 0.2) is 25.3 Å². The molecule has 7 nitrogen and oxygen atoms in total. The van der Waals surface area contributed by atoms with E-state index in [-0.39, 0.29) is 0 Å². The summed E-state index contributed by atoms with van der Waals surface area (Å²) < 4.78 is 3.53. The van der Waals surface area contributed by atoms with Crippen LogP contribution in [0, 0.1) is 15.3 Å². The van der Waals surface area contributed by atoms with Crippen molar-refractivity contribution >= 4 is 6.20 Å². The number of nitrogens with zero attached hydrogens (tertiary/aromatic N) is 3. The van der Waals surface area contributed by atoms with Gasteiger partial charge in [0.05, 0.1) is 11.3 Å². The van der Waals surface area contributed by atoms with Crippen molar-refractivity contribution in [2.45, 2.75) is 19.6 Å². The van der Waals surface area contributed by atoms with E-state index < -0.39 is 11.3 Å². The number of imidazole rings is 1. The van der Waals surface area contributed by atoms with Gasteiger partial charge in [-0.2, -0.15) is 0 Å². The Morgan fingerprint density at radius 2 is 2.27 bits per heavy atom. The molecule has 7 heteroatoms. The first-order chi connectivity index (χ1) is 7.01. The Balaban J connectivity index is 0.000000423. The number of aromatic nitrogens is 2. The molecular formula is C8H13N3O4. The van der Waals surface area contributed by atoms with Crippen LogP contribution in [0.3, 0.4) is 0 Å². The van der Waals surface area contributed by atoms with E-state index >= 15 is 0 Å². The maximum Gasteiger partial charge on any atom is 0.250 e. The Hall–Kier alpha value is -1.89. The second-order valence-electron chi connectivity index (χ2n) is 2.60. The van der Waals surface area contributed by atoms with Gasteiger partial charge in [0, 0.05) is 6.42 Å². The molecule has 0 aliphatic rings. The summed E-state index contributed by atoms with van der Waals surface area (Å²) in [6.45, 7) is 5.53. The second-order valence-corrected chi connectivity index (χ2v) is 2.60. The van der Waals surface area contributed by atoms with Gasteiger partial charge in [-0.3, -0.25) is 0 Å². The summed E-state index contributed by atoms with van der Waals surface area (Å²) in [6.07, 6.45) is 7.42. The van der Waals surface area contributed by atoms with Crippen LogP contribution in [0.2, 0.25) is 0 Å². The zero-order chi connectivity index (χ0) is 11.8. The highest BCUT2D eigenvalue weighted by molar-refractivity contribution is 5.13. The van der Waals surface area contributed by atoms with Crippen LogP contribution in [-0.4, -0.2) is 14.8 Å². The van der Waals surface area contributed by atoms with E-state index in [1.54, 1.807) is 21.7 Å².